The largest absolute Gasteiger partial charge is 0.465 e. The standard InChI is InChI=1S/C11H19ClN2O3/c1-2-8(13-11(16)17)7-14(10(15)6-12)9-4-3-5-9/h8-9,13H,2-7H2,1H3,(H,16,17). The molecule has 0 aromatic carbocycles. The molecule has 5 nitrogen and oxygen atoms in total. The quantitative estimate of drug-likeness (QED) is 0.715. The molecule has 17 heavy (non-hydrogen) atoms. The zero-order valence-corrected chi connectivity index (χ0v) is 10.7. The molecule has 0 aromatic rings. The fourth-order valence-electron chi connectivity index (χ4n) is 1.92. The molecule has 1 aliphatic rings. The summed E-state index contributed by atoms with van der Waals surface area (Å²) in [6.45, 7) is 2.31. The lowest BCUT2D eigenvalue weighted by Gasteiger charge is -2.39. The average molecular weight is 263 g/mol. The first-order valence-corrected chi connectivity index (χ1v) is 6.46. The number of nitrogens with zero attached hydrogens (tertiary/aromatic N) is 1. The van der Waals surface area contributed by atoms with E-state index in [1.54, 1.807) is 4.90 Å². The van der Waals surface area contributed by atoms with Gasteiger partial charge >= 0.3 is 6.09 Å². The van der Waals surface area contributed by atoms with Gasteiger partial charge in [0.05, 0.1) is 0 Å². The Kier molecular flexibility index (Phi) is 5.55. The van der Waals surface area contributed by atoms with E-state index in [-0.39, 0.29) is 23.9 Å². The highest BCUT2D eigenvalue weighted by atomic mass is 35.5. The van der Waals surface area contributed by atoms with Crippen LogP contribution in [0.1, 0.15) is 32.6 Å². The number of carboxylic acid groups (broad SMARTS) is 1. The number of nitrogens with one attached hydrogen (secondary N) is 1. The van der Waals surface area contributed by atoms with Crippen LogP contribution in [0.5, 0.6) is 0 Å². The summed E-state index contributed by atoms with van der Waals surface area (Å²) < 4.78 is 0. The molecule has 0 heterocycles. The van der Waals surface area contributed by atoms with Crippen LogP contribution in [0.25, 0.3) is 0 Å². The zero-order chi connectivity index (χ0) is 12.8. The molecule has 1 aliphatic carbocycles. The van der Waals surface area contributed by atoms with Gasteiger partial charge in [0.2, 0.25) is 5.91 Å². The Balaban J connectivity index is 2.56. The number of rotatable bonds is 6. The third-order valence-corrected chi connectivity index (χ3v) is 3.42. The van der Waals surface area contributed by atoms with Gasteiger partial charge in [-0.1, -0.05) is 6.92 Å². The molecule has 1 fully saturated rings. The zero-order valence-electron chi connectivity index (χ0n) is 9.99. The van der Waals surface area contributed by atoms with E-state index < -0.39 is 6.09 Å². The highest BCUT2D eigenvalue weighted by Gasteiger charge is 2.30. The van der Waals surface area contributed by atoms with Crippen LogP contribution < -0.4 is 5.32 Å². The maximum absolute atomic E-state index is 11.7. The SMILES string of the molecule is CCC(CN(C(=O)CCl)C1CCC1)NC(=O)O. The van der Waals surface area contributed by atoms with Crippen molar-refractivity contribution < 1.29 is 14.7 Å². The highest BCUT2D eigenvalue weighted by molar-refractivity contribution is 6.27. The number of carbonyl (C=O) groups is 2. The van der Waals surface area contributed by atoms with E-state index in [2.05, 4.69) is 5.32 Å². The Labute approximate surface area is 106 Å². The third kappa shape index (κ3) is 4.07. The maximum atomic E-state index is 11.7. The molecule has 1 saturated carbocycles. The maximum Gasteiger partial charge on any atom is 0.404 e. The van der Waals surface area contributed by atoms with Crippen LogP contribution in [0.3, 0.4) is 0 Å². The summed E-state index contributed by atoms with van der Waals surface area (Å²) in [4.78, 5) is 24.0. The monoisotopic (exact) mass is 262 g/mol. The number of halogens is 1. The third-order valence-electron chi connectivity index (χ3n) is 3.19. The van der Waals surface area contributed by atoms with Crippen LogP contribution in [0, 0.1) is 0 Å². The van der Waals surface area contributed by atoms with Crippen molar-refractivity contribution in [3.05, 3.63) is 0 Å². The first kappa shape index (κ1) is 14.1. The lowest BCUT2D eigenvalue weighted by molar-refractivity contribution is -0.132. The van der Waals surface area contributed by atoms with E-state index in [9.17, 15) is 9.59 Å². The molecule has 0 aliphatic heterocycles. The molecule has 1 atom stereocenters. The van der Waals surface area contributed by atoms with Crippen molar-refractivity contribution in [2.24, 2.45) is 0 Å². The summed E-state index contributed by atoms with van der Waals surface area (Å²) in [6.07, 6.45) is 2.72. The van der Waals surface area contributed by atoms with Gasteiger partial charge in [-0.3, -0.25) is 4.79 Å². The average Bonchev–Trinajstić information content (AvgIpc) is 2.22. The van der Waals surface area contributed by atoms with E-state index in [1.807, 2.05) is 6.92 Å². The number of hydrogen-bond donors (Lipinski definition) is 2. The van der Waals surface area contributed by atoms with Gasteiger partial charge < -0.3 is 15.3 Å². The van der Waals surface area contributed by atoms with Crippen LogP contribution in [-0.2, 0) is 4.79 Å². The van der Waals surface area contributed by atoms with Crippen molar-refractivity contribution in [1.29, 1.82) is 0 Å². The van der Waals surface area contributed by atoms with Gasteiger partial charge in [0.1, 0.15) is 5.88 Å². The Bertz CT molecular complexity index is 282. The molecule has 2 amide bonds. The van der Waals surface area contributed by atoms with E-state index in [0.29, 0.717) is 13.0 Å². The molecule has 0 saturated heterocycles. The van der Waals surface area contributed by atoms with Crippen molar-refractivity contribution in [1.82, 2.24) is 10.2 Å². The molecule has 1 unspecified atom stereocenters. The predicted molar refractivity (Wildman–Crippen MR) is 65.3 cm³/mol. The summed E-state index contributed by atoms with van der Waals surface area (Å²) in [7, 11) is 0. The van der Waals surface area contributed by atoms with Crippen LogP contribution in [0.15, 0.2) is 0 Å². The van der Waals surface area contributed by atoms with E-state index in [0.717, 1.165) is 19.3 Å². The summed E-state index contributed by atoms with van der Waals surface area (Å²) in [5.74, 6) is -0.151. The topological polar surface area (TPSA) is 69.6 Å². The minimum Gasteiger partial charge on any atom is -0.465 e. The minimum atomic E-state index is -1.05. The Morgan fingerprint density at radius 2 is 2.18 bits per heavy atom. The van der Waals surface area contributed by atoms with Gasteiger partial charge in [-0.2, -0.15) is 0 Å². The summed E-state index contributed by atoms with van der Waals surface area (Å²) >= 11 is 5.58. The Morgan fingerprint density at radius 3 is 2.53 bits per heavy atom. The van der Waals surface area contributed by atoms with Gasteiger partial charge in [-0.25, -0.2) is 4.79 Å². The van der Waals surface area contributed by atoms with Crippen molar-refractivity contribution in [3.8, 4) is 0 Å². The van der Waals surface area contributed by atoms with Gasteiger partial charge in [0.15, 0.2) is 0 Å². The normalized spacial score (nSPS) is 17.1. The highest BCUT2D eigenvalue weighted by Crippen LogP contribution is 2.25. The smallest absolute Gasteiger partial charge is 0.404 e. The van der Waals surface area contributed by atoms with Gasteiger partial charge in [-0.05, 0) is 25.7 Å². The molecular weight excluding hydrogens is 244 g/mol. The summed E-state index contributed by atoms with van der Waals surface area (Å²) in [5, 5.41) is 11.1. The van der Waals surface area contributed by atoms with Crippen LogP contribution in [0.4, 0.5) is 4.79 Å². The van der Waals surface area contributed by atoms with Crippen LogP contribution >= 0.6 is 11.6 Å². The molecule has 0 bridgehead atoms. The second-order valence-electron chi connectivity index (χ2n) is 4.32. The minimum absolute atomic E-state index is 0.0417. The predicted octanol–water partition coefficient (Wildman–Crippen LogP) is 1.65. The molecule has 1 rings (SSSR count). The first-order valence-electron chi connectivity index (χ1n) is 5.93. The number of amides is 2. The van der Waals surface area contributed by atoms with E-state index in [1.165, 1.54) is 0 Å². The molecule has 6 heteroatoms. The Morgan fingerprint density at radius 1 is 1.53 bits per heavy atom. The molecule has 98 valence electrons. The van der Waals surface area contributed by atoms with Gasteiger partial charge in [-0.15, -0.1) is 11.6 Å². The lowest BCUT2D eigenvalue weighted by atomic mass is 9.91. The molecule has 0 radical (unpaired) electrons. The molecule has 0 spiro atoms. The fraction of sp³-hybridized carbons (Fsp3) is 0.818. The number of carbonyl (C=O) groups excluding carboxylic acids is 1. The van der Waals surface area contributed by atoms with Crippen molar-refractivity contribution >= 4 is 23.6 Å². The number of hydrogen-bond acceptors (Lipinski definition) is 2. The van der Waals surface area contributed by atoms with Crippen LogP contribution in [-0.4, -0.2) is 46.5 Å². The first-order chi connectivity index (χ1) is 8.08. The molecular formula is C11H19ClN2O3. The van der Waals surface area contributed by atoms with Crippen molar-refractivity contribution in [2.45, 2.75) is 44.7 Å². The van der Waals surface area contributed by atoms with Gasteiger partial charge in [0.25, 0.3) is 0 Å². The van der Waals surface area contributed by atoms with Gasteiger partial charge in [0, 0.05) is 18.6 Å². The number of alkyl halides is 1. The fourth-order valence-corrected chi connectivity index (χ4v) is 2.07. The van der Waals surface area contributed by atoms with E-state index >= 15 is 0 Å². The van der Waals surface area contributed by atoms with Crippen LogP contribution in [0.2, 0.25) is 0 Å². The lowest BCUT2D eigenvalue weighted by Crippen LogP contribution is -2.51. The van der Waals surface area contributed by atoms with Crippen molar-refractivity contribution in [3.63, 3.8) is 0 Å². The molecule has 2 N–H and O–H groups in total. The summed E-state index contributed by atoms with van der Waals surface area (Å²) in [6, 6.07) is 0.0196. The van der Waals surface area contributed by atoms with Crippen molar-refractivity contribution in [2.75, 3.05) is 12.4 Å². The second kappa shape index (κ2) is 6.69. The molecule has 0 aromatic heterocycles. The van der Waals surface area contributed by atoms with E-state index in [4.69, 9.17) is 16.7 Å². The second-order valence-corrected chi connectivity index (χ2v) is 4.59. The summed E-state index contributed by atoms with van der Waals surface area (Å²) in [5.41, 5.74) is 0. The Hall–Kier alpha value is -0.970.